The van der Waals surface area contributed by atoms with E-state index in [0.717, 1.165) is 16.4 Å². The molecule has 1 N–H and O–H groups in total. The first-order valence-electron chi connectivity index (χ1n) is 5.71. The number of aromatic nitrogens is 2. The third-order valence-corrected chi connectivity index (χ3v) is 4.55. The van der Waals surface area contributed by atoms with Gasteiger partial charge in [0.2, 0.25) is 15.8 Å². The van der Waals surface area contributed by atoms with E-state index >= 15 is 0 Å². The molecule has 112 valence electrons. The predicted octanol–water partition coefficient (Wildman–Crippen LogP) is 1.28. The molecule has 0 aliphatic carbocycles. The molecule has 0 aliphatic heterocycles. The lowest BCUT2D eigenvalue weighted by atomic mass is 10.3. The van der Waals surface area contributed by atoms with Crippen LogP contribution in [-0.4, -0.2) is 34.7 Å². The molecule has 2 rings (SSSR count). The molecular weight excluding hydrogens is 303 g/mol. The number of nitro groups is 1. The number of imidazole rings is 1. The summed E-state index contributed by atoms with van der Waals surface area (Å²) in [6.45, 7) is -0.0338. The van der Waals surface area contributed by atoms with Crippen molar-refractivity contribution in [2.45, 2.75) is 11.4 Å². The highest BCUT2D eigenvalue weighted by molar-refractivity contribution is 7.89. The van der Waals surface area contributed by atoms with Gasteiger partial charge in [-0.3, -0.25) is 10.1 Å². The van der Waals surface area contributed by atoms with Crippen LogP contribution in [0.5, 0.6) is 0 Å². The second-order valence-corrected chi connectivity index (χ2v) is 6.21. The van der Waals surface area contributed by atoms with E-state index < -0.39 is 26.5 Å². The third-order valence-electron chi connectivity index (χ3n) is 2.75. The lowest BCUT2D eigenvalue weighted by molar-refractivity contribution is -0.387. The molecule has 0 saturated heterocycles. The maximum absolute atomic E-state index is 13.5. The maximum Gasteiger partial charge on any atom is 0.304 e. The van der Waals surface area contributed by atoms with E-state index in [-0.39, 0.29) is 11.4 Å². The van der Waals surface area contributed by atoms with Crippen molar-refractivity contribution in [3.05, 3.63) is 52.3 Å². The average molecular weight is 314 g/mol. The molecule has 10 heteroatoms. The number of nitrogens with zero attached hydrogens (tertiary/aromatic N) is 3. The van der Waals surface area contributed by atoms with Crippen LogP contribution >= 0.6 is 0 Å². The summed E-state index contributed by atoms with van der Waals surface area (Å²) in [7, 11) is -2.67. The molecule has 0 aliphatic rings. The van der Waals surface area contributed by atoms with Crippen molar-refractivity contribution in [3.63, 3.8) is 0 Å². The van der Waals surface area contributed by atoms with Gasteiger partial charge in [0, 0.05) is 31.6 Å². The van der Waals surface area contributed by atoms with Crippen molar-refractivity contribution >= 4 is 15.7 Å². The van der Waals surface area contributed by atoms with Crippen LogP contribution in [0.1, 0.15) is 5.82 Å². The molecule has 0 atom stereocenters. The summed E-state index contributed by atoms with van der Waals surface area (Å²) in [6, 6.07) is 2.45. The summed E-state index contributed by atoms with van der Waals surface area (Å²) >= 11 is 0. The summed E-state index contributed by atoms with van der Waals surface area (Å²) in [6.07, 6.45) is 3.02. The van der Waals surface area contributed by atoms with Crippen molar-refractivity contribution in [1.82, 2.24) is 14.3 Å². The standard InChI is InChI=1S/C11H11FN4O4S/c1-15(7-11-13-4-5-14-11)21(19,20)8-2-3-10(16(17)18)9(12)6-8/h2-6H,7H2,1H3,(H,13,14). The van der Waals surface area contributed by atoms with E-state index in [0.29, 0.717) is 11.9 Å². The summed E-state index contributed by atoms with van der Waals surface area (Å²) in [5.41, 5.74) is -0.775. The normalized spacial score (nSPS) is 11.8. The Morgan fingerprint density at radius 1 is 1.48 bits per heavy atom. The van der Waals surface area contributed by atoms with Gasteiger partial charge in [-0.1, -0.05) is 0 Å². The summed E-state index contributed by atoms with van der Waals surface area (Å²) in [4.78, 5) is 15.9. The van der Waals surface area contributed by atoms with E-state index in [2.05, 4.69) is 9.97 Å². The smallest absolute Gasteiger partial charge is 0.304 e. The van der Waals surface area contributed by atoms with E-state index in [9.17, 15) is 22.9 Å². The van der Waals surface area contributed by atoms with Crippen LogP contribution in [-0.2, 0) is 16.6 Å². The van der Waals surface area contributed by atoms with Gasteiger partial charge < -0.3 is 4.98 Å². The number of H-pyrrole nitrogens is 1. The van der Waals surface area contributed by atoms with Crippen LogP contribution in [0.15, 0.2) is 35.5 Å². The third kappa shape index (κ3) is 3.06. The molecule has 21 heavy (non-hydrogen) atoms. The molecule has 0 fully saturated rings. The molecule has 0 spiro atoms. The topological polar surface area (TPSA) is 109 Å². The highest BCUT2D eigenvalue weighted by atomic mass is 32.2. The Morgan fingerprint density at radius 3 is 2.71 bits per heavy atom. The first-order valence-corrected chi connectivity index (χ1v) is 7.15. The molecule has 1 aromatic carbocycles. The number of benzene rings is 1. The SMILES string of the molecule is CN(Cc1ncc[nH]1)S(=O)(=O)c1ccc([N+](=O)[O-])c(F)c1. The van der Waals surface area contributed by atoms with Crippen LogP contribution in [0.2, 0.25) is 0 Å². The van der Waals surface area contributed by atoms with Gasteiger partial charge in [0.1, 0.15) is 5.82 Å². The second-order valence-electron chi connectivity index (χ2n) is 4.17. The Balaban J connectivity index is 2.31. The molecule has 0 radical (unpaired) electrons. The molecule has 0 amide bonds. The number of halogens is 1. The van der Waals surface area contributed by atoms with E-state index in [4.69, 9.17) is 0 Å². The highest BCUT2D eigenvalue weighted by Gasteiger charge is 2.25. The molecule has 0 bridgehead atoms. The fraction of sp³-hybridized carbons (Fsp3) is 0.182. The van der Waals surface area contributed by atoms with Crippen LogP contribution in [0, 0.1) is 15.9 Å². The highest BCUT2D eigenvalue weighted by Crippen LogP contribution is 2.23. The van der Waals surface area contributed by atoms with Crippen LogP contribution in [0.4, 0.5) is 10.1 Å². The van der Waals surface area contributed by atoms with Gasteiger partial charge in [0.15, 0.2) is 0 Å². The number of rotatable bonds is 5. The maximum atomic E-state index is 13.5. The van der Waals surface area contributed by atoms with Gasteiger partial charge in [0.05, 0.1) is 16.4 Å². The molecule has 0 saturated carbocycles. The average Bonchev–Trinajstić information content (AvgIpc) is 2.90. The first kappa shape index (κ1) is 15.1. The Labute approximate surface area is 119 Å². The van der Waals surface area contributed by atoms with Gasteiger partial charge in [-0.15, -0.1) is 0 Å². The number of hydrogen-bond donors (Lipinski definition) is 1. The van der Waals surface area contributed by atoms with Gasteiger partial charge in [-0.2, -0.15) is 8.70 Å². The Morgan fingerprint density at radius 2 is 2.19 bits per heavy atom. The number of aromatic amines is 1. The first-order chi connectivity index (χ1) is 9.82. The Kier molecular flexibility index (Phi) is 4.00. The zero-order valence-corrected chi connectivity index (χ0v) is 11.7. The fourth-order valence-corrected chi connectivity index (χ4v) is 2.80. The number of nitro benzene ring substituents is 1. The minimum Gasteiger partial charge on any atom is -0.347 e. The van der Waals surface area contributed by atoms with Gasteiger partial charge in [-0.25, -0.2) is 13.4 Å². The van der Waals surface area contributed by atoms with E-state index in [1.54, 1.807) is 6.20 Å². The summed E-state index contributed by atoms with van der Waals surface area (Å²) < 4.78 is 39.0. The second kappa shape index (κ2) is 5.58. The fourth-order valence-electron chi connectivity index (χ4n) is 1.66. The zero-order chi connectivity index (χ0) is 15.6. The van der Waals surface area contributed by atoms with Crippen molar-refractivity contribution < 1.29 is 17.7 Å². The molecular formula is C11H11FN4O4S. The number of sulfonamides is 1. The monoisotopic (exact) mass is 314 g/mol. The predicted molar refractivity (Wildman–Crippen MR) is 70.3 cm³/mol. The van der Waals surface area contributed by atoms with Crippen molar-refractivity contribution in [3.8, 4) is 0 Å². The Bertz CT molecular complexity index is 761. The summed E-state index contributed by atoms with van der Waals surface area (Å²) in [5.74, 6) is -0.782. The van der Waals surface area contributed by atoms with Crippen LogP contribution in [0.25, 0.3) is 0 Å². The minimum atomic E-state index is -3.97. The van der Waals surface area contributed by atoms with Gasteiger partial charge in [0.25, 0.3) is 0 Å². The van der Waals surface area contributed by atoms with Crippen molar-refractivity contribution in [1.29, 1.82) is 0 Å². The van der Waals surface area contributed by atoms with E-state index in [1.165, 1.54) is 13.2 Å². The van der Waals surface area contributed by atoms with Crippen LogP contribution in [0.3, 0.4) is 0 Å². The Hall–Kier alpha value is -2.33. The van der Waals surface area contributed by atoms with Gasteiger partial charge >= 0.3 is 5.69 Å². The quantitative estimate of drug-likeness (QED) is 0.660. The summed E-state index contributed by atoms with van der Waals surface area (Å²) in [5, 5.41) is 10.5. The zero-order valence-electron chi connectivity index (χ0n) is 10.9. The molecule has 0 unspecified atom stereocenters. The molecule has 2 aromatic rings. The molecule has 1 aromatic heterocycles. The number of nitrogens with one attached hydrogen (secondary N) is 1. The largest absolute Gasteiger partial charge is 0.347 e. The lowest BCUT2D eigenvalue weighted by Gasteiger charge is -2.15. The van der Waals surface area contributed by atoms with E-state index in [1.807, 2.05) is 0 Å². The van der Waals surface area contributed by atoms with Crippen molar-refractivity contribution in [2.24, 2.45) is 0 Å². The minimum absolute atomic E-state index is 0.0338. The van der Waals surface area contributed by atoms with Crippen molar-refractivity contribution in [2.75, 3.05) is 7.05 Å². The molecule has 1 heterocycles. The van der Waals surface area contributed by atoms with Crippen LogP contribution < -0.4 is 0 Å². The van der Waals surface area contributed by atoms with Gasteiger partial charge in [-0.05, 0) is 6.07 Å². The number of hydrogen-bond acceptors (Lipinski definition) is 5. The lowest BCUT2D eigenvalue weighted by Crippen LogP contribution is -2.27. The molecule has 8 nitrogen and oxygen atoms in total.